The first kappa shape index (κ1) is 20.0. The molecule has 0 aromatic heterocycles. The summed E-state index contributed by atoms with van der Waals surface area (Å²) in [7, 11) is 0. The number of hydrogen-bond donors (Lipinski definition) is 2. The molecule has 9 heteroatoms. The summed E-state index contributed by atoms with van der Waals surface area (Å²) in [6.07, 6.45) is -0.591. The highest BCUT2D eigenvalue weighted by Gasteiger charge is 2.08. The minimum Gasteiger partial charge on any atom is -0.484 e. The lowest BCUT2D eigenvalue weighted by Gasteiger charge is -2.10. The first-order chi connectivity index (χ1) is 13.0. The number of amides is 2. The van der Waals surface area contributed by atoms with E-state index in [1.165, 1.54) is 24.3 Å². The van der Waals surface area contributed by atoms with Gasteiger partial charge in [-0.15, -0.1) is 0 Å². The Kier molecular flexibility index (Phi) is 7.36. The predicted octanol–water partition coefficient (Wildman–Crippen LogP) is 3.87. The van der Waals surface area contributed by atoms with Crippen LogP contribution in [0.15, 0.2) is 48.5 Å². The van der Waals surface area contributed by atoms with E-state index in [2.05, 4.69) is 15.4 Å². The Morgan fingerprint density at radius 1 is 1.00 bits per heavy atom. The Hall–Kier alpha value is -3.36. The van der Waals surface area contributed by atoms with Gasteiger partial charge >= 0.3 is 12.7 Å². The van der Waals surface area contributed by atoms with Crippen molar-refractivity contribution < 1.29 is 32.6 Å². The SMILES string of the molecule is CCOC(=O)Nc1cccc(OCC(=O)Nc2ccc(OC(F)F)cc2)c1. The van der Waals surface area contributed by atoms with Crippen molar-refractivity contribution in [1.29, 1.82) is 0 Å². The molecule has 0 aliphatic heterocycles. The number of hydrogen-bond acceptors (Lipinski definition) is 5. The Labute approximate surface area is 154 Å². The van der Waals surface area contributed by atoms with E-state index >= 15 is 0 Å². The van der Waals surface area contributed by atoms with Crippen molar-refractivity contribution in [3.05, 3.63) is 48.5 Å². The number of anilines is 2. The van der Waals surface area contributed by atoms with Gasteiger partial charge in [-0.25, -0.2) is 4.79 Å². The van der Waals surface area contributed by atoms with Crippen LogP contribution in [0.3, 0.4) is 0 Å². The van der Waals surface area contributed by atoms with Gasteiger partial charge in [-0.1, -0.05) is 6.07 Å². The molecule has 0 unspecified atom stereocenters. The molecule has 7 nitrogen and oxygen atoms in total. The van der Waals surface area contributed by atoms with Crippen molar-refractivity contribution in [1.82, 2.24) is 0 Å². The van der Waals surface area contributed by atoms with Crippen LogP contribution in [-0.4, -0.2) is 31.8 Å². The standard InChI is InChI=1S/C18H18F2N2O5/c1-2-25-18(24)22-13-4-3-5-15(10-13)26-11-16(23)21-12-6-8-14(9-7-12)27-17(19)20/h3-10,17H,2,11H2,1H3,(H,21,23)(H,22,24). The molecule has 2 aromatic rings. The summed E-state index contributed by atoms with van der Waals surface area (Å²) in [5.74, 6) is -0.0772. The van der Waals surface area contributed by atoms with Crippen molar-refractivity contribution in [2.75, 3.05) is 23.8 Å². The van der Waals surface area contributed by atoms with Gasteiger partial charge in [0.2, 0.25) is 0 Å². The maximum absolute atomic E-state index is 12.1. The highest BCUT2D eigenvalue weighted by atomic mass is 19.3. The van der Waals surface area contributed by atoms with Crippen LogP contribution in [0.5, 0.6) is 11.5 Å². The van der Waals surface area contributed by atoms with Crippen LogP contribution in [0.1, 0.15) is 6.92 Å². The zero-order valence-electron chi connectivity index (χ0n) is 14.4. The summed E-state index contributed by atoms with van der Waals surface area (Å²) in [5.41, 5.74) is 0.865. The fraction of sp³-hybridized carbons (Fsp3) is 0.222. The number of halogens is 2. The van der Waals surface area contributed by atoms with Crippen LogP contribution in [0.25, 0.3) is 0 Å². The lowest BCUT2D eigenvalue weighted by Crippen LogP contribution is -2.20. The zero-order chi connectivity index (χ0) is 19.6. The van der Waals surface area contributed by atoms with Gasteiger partial charge in [0, 0.05) is 17.4 Å². The Balaban J connectivity index is 1.83. The molecule has 2 rings (SSSR count). The lowest BCUT2D eigenvalue weighted by atomic mass is 10.3. The van der Waals surface area contributed by atoms with Gasteiger partial charge in [-0.3, -0.25) is 10.1 Å². The molecule has 27 heavy (non-hydrogen) atoms. The number of carbonyl (C=O) groups excluding carboxylic acids is 2. The summed E-state index contributed by atoms with van der Waals surface area (Å²) in [4.78, 5) is 23.3. The number of benzene rings is 2. The first-order valence-corrected chi connectivity index (χ1v) is 7.97. The minimum absolute atomic E-state index is 0.00911. The summed E-state index contributed by atoms with van der Waals surface area (Å²) < 4.78 is 38.6. The number of nitrogens with one attached hydrogen (secondary N) is 2. The first-order valence-electron chi connectivity index (χ1n) is 7.97. The minimum atomic E-state index is -2.91. The van der Waals surface area contributed by atoms with Crippen molar-refractivity contribution in [3.63, 3.8) is 0 Å². The van der Waals surface area contributed by atoms with E-state index in [0.717, 1.165) is 0 Å². The fourth-order valence-electron chi connectivity index (χ4n) is 2.01. The van der Waals surface area contributed by atoms with Crippen LogP contribution in [0.2, 0.25) is 0 Å². The van der Waals surface area contributed by atoms with Crippen molar-refractivity contribution in [2.24, 2.45) is 0 Å². The molecule has 144 valence electrons. The molecule has 2 N–H and O–H groups in total. The number of ether oxygens (including phenoxy) is 3. The monoisotopic (exact) mass is 380 g/mol. The number of carbonyl (C=O) groups is 2. The molecule has 0 saturated carbocycles. The van der Waals surface area contributed by atoms with E-state index in [9.17, 15) is 18.4 Å². The van der Waals surface area contributed by atoms with Crippen LogP contribution in [-0.2, 0) is 9.53 Å². The van der Waals surface area contributed by atoms with Gasteiger partial charge < -0.3 is 19.5 Å². The van der Waals surface area contributed by atoms with Crippen molar-refractivity contribution in [2.45, 2.75) is 13.5 Å². The van der Waals surface area contributed by atoms with E-state index in [1.54, 1.807) is 31.2 Å². The van der Waals surface area contributed by atoms with E-state index in [0.29, 0.717) is 17.1 Å². The maximum Gasteiger partial charge on any atom is 0.411 e. The predicted molar refractivity (Wildman–Crippen MR) is 94.3 cm³/mol. The van der Waals surface area contributed by atoms with E-state index in [4.69, 9.17) is 9.47 Å². The quantitative estimate of drug-likeness (QED) is 0.726. The Morgan fingerprint density at radius 3 is 2.41 bits per heavy atom. The summed E-state index contributed by atoms with van der Waals surface area (Å²) in [6.45, 7) is -1.25. The summed E-state index contributed by atoms with van der Waals surface area (Å²) in [6, 6.07) is 11.9. The highest BCUT2D eigenvalue weighted by molar-refractivity contribution is 5.92. The fourth-order valence-corrected chi connectivity index (χ4v) is 2.01. The third kappa shape index (κ3) is 7.18. The second-order valence-corrected chi connectivity index (χ2v) is 5.11. The molecule has 0 atom stereocenters. The molecule has 0 fully saturated rings. The molecule has 2 amide bonds. The second-order valence-electron chi connectivity index (χ2n) is 5.11. The van der Waals surface area contributed by atoms with Crippen LogP contribution >= 0.6 is 0 Å². The molecule has 0 bridgehead atoms. The molecular formula is C18H18F2N2O5. The molecule has 0 aliphatic rings. The van der Waals surface area contributed by atoms with Crippen molar-refractivity contribution >= 4 is 23.4 Å². The molecule has 0 spiro atoms. The zero-order valence-corrected chi connectivity index (χ0v) is 14.4. The summed E-state index contributed by atoms with van der Waals surface area (Å²) >= 11 is 0. The largest absolute Gasteiger partial charge is 0.484 e. The Morgan fingerprint density at radius 2 is 1.74 bits per heavy atom. The topological polar surface area (TPSA) is 85.9 Å². The molecule has 0 saturated heterocycles. The summed E-state index contributed by atoms with van der Waals surface area (Å²) in [5, 5.41) is 5.08. The van der Waals surface area contributed by atoms with Gasteiger partial charge in [0.1, 0.15) is 11.5 Å². The smallest absolute Gasteiger partial charge is 0.411 e. The van der Waals surface area contributed by atoms with E-state index < -0.39 is 18.6 Å². The molecule has 0 aliphatic carbocycles. The number of rotatable bonds is 8. The number of alkyl halides is 2. The van der Waals surface area contributed by atoms with Gasteiger partial charge in [0.25, 0.3) is 5.91 Å². The average Bonchev–Trinajstić information content (AvgIpc) is 2.62. The normalized spacial score (nSPS) is 10.2. The highest BCUT2D eigenvalue weighted by Crippen LogP contribution is 2.19. The van der Waals surface area contributed by atoms with E-state index in [-0.39, 0.29) is 19.0 Å². The average molecular weight is 380 g/mol. The van der Waals surface area contributed by atoms with Gasteiger partial charge in [0.15, 0.2) is 6.61 Å². The lowest BCUT2D eigenvalue weighted by molar-refractivity contribution is -0.118. The van der Waals surface area contributed by atoms with Gasteiger partial charge in [-0.2, -0.15) is 8.78 Å². The second kappa shape index (κ2) is 9.95. The molecule has 2 aromatic carbocycles. The van der Waals surface area contributed by atoms with Crippen LogP contribution in [0, 0.1) is 0 Å². The third-order valence-electron chi connectivity index (χ3n) is 3.09. The molecular weight excluding hydrogens is 362 g/mol. The maximum atomic E-state index is 12.1. The van der Waals surface area contributed by atoms with Crippen LogP contribution < -0.4 is 20.1 Å². The Bertz CT molecular complexity index is 769. The van der Waals surface area contributed by atoms with Gasteiger partial charge in [0.05, 0.1) is 6.61 Å². The molecule has 0 radical (unpaired) electrons. The molecule has 0 heterocycles. The van der Waals surface area contributed by atoms with Crippen LogP contribution in [0.4, 0.5) is 25.0 Å². The third-order valence-corrected chi connectivity index (χ3v) is 3.09. The van der Waals surface area contributed by atoms with E-state index in [1.807, 2.05) is 0 Å². The van der Waals surface area contributed by atoms with Gasteiger partial charge in [-0.05, 0) is 43.3 Å². The van der Waals surface area contributed by atoms with Crippen molar-refractivity contribution in [3.8, 4) is 11.5 Å².